The van der Waals surface area contributed by atoms with Crippen molar-refractivity contribution in [1.29, 1.82) is 0 Å². The van der Waals surface area contributed by atoms with Crippen LogP contribution in [-0.4, -0.2) is 21.9 Å². The normalized spacial score (nSPS) is 12.0. The number of Topliss-reactive ketones (excluding diaryl/α,β-unsaturated/α-hetero) is 1. The second kappa shape index (κ2) is 3.94. The molecule has 0 aliphatic rings. The van der Waals surface area contributed by atoms with Gasteiger partial charge in [-0.05, 0) is 6.07 Å². The molecule has 1 aromatic carbocycles. The Hall–Kier alpha value is -1.88. The van der Waals surface area contributed by atoms with E-state index in [0.717, 1.165) is 0 Å². The quantitative estimate of drug-likeness (QED) is 0.495. The fourth-order valence-electron chi connectivity index (χ4n) is 1.45. The Kier molecular flexibility index (Phi) is 2.62. The first-order chi connectivity index (χ1) is 7.63. The van der Waals surface area contributed by atoms with E-state index in [1.165, 1.54) is 19.2 Å². The van der Waals surface area contributed by atoms with Crippen LogP contribution in [0.3, 0.4) is 0 Å². The van der Waals surface area contributed by atoms with Crippen LogP contribution in [0, 0.1) is 0 Å². The van der Waals surface area contributed by atoms with Crippen LogP contribution in [0.5, 0.6) is 0 Å². The summed E-state index contributed by atoms with van der Waals surface area (Å²) in [4.78, 5) is 11.3. The van der Waals surface area contributed by atoms with E-state index >= 15 is 0 Å². The largest absolute Gasteiger partial charge is 0.410 e. The van der Waals surface area contributed by atoms with Crippen molar-refractivity contribution in [3.8, 4) is 0 Å². The summed E-state index contributed by atoms with van der Waals surface area (Å²) in [5, 5.41) is 16.3. The monoisotopic (exact) mass is 238 g/mol. The second-order valence-corrected chi connectivity index (χ2v) is 3.63. The summed E-state index contributed by atoms with van der Waals surface area (Å²) in [5.41, 5.74) is 0.763. The Morgan fingerprint density at radius 1 is 1.56 bits per heavy atom. The summed E-state index contributed by atoms with van der Waals surface area (Å²) < 4.78 is 4.93. The third-order valence-electron chi connectivity index (χ3n) is 2.13. The van der Waals surface area contributed by atoms with Gasteiger partial charge >= 0.3 is 0 Å². The van der Waals surface area contributed by atoms with E-state index in [0.29, 0.717) is 21.6 Å². The average Bonchev–Trinajstić information content (AvgIpc) is 2.65. The zero-order valence-corrected chi connectivity index (χ0v) is 9.02. The molecule has 16 heavy (non-hydrogen) atoms. The van der Waals surface area contributed by atoms with Gasteiger partial charge in [0.2, 0.25) is 0 Å². The molecule has 0 radical (unpaired) electrons. The number of rotatable bonds is 2. The van der Waals surface area contributed by atoms with Gasteiger partial charge in [0.25, 0.3) is 0 Å². The molecule has 82 valence electrons. The lowest BCUT2D eigenvalue weighted by Crippen LogP contribution is -2.11. The maximum Gasteiger partial charge on any atom is 0.182 e. The molecule has 1 heterocycles. The molecule has 5 nitrogen and oxygen atoms in total. The van der Waals surface area contributed by atoms with Crippen molar-refractivity contribution in [2.75, 3.05) is 0 Å². The van der Waals surface area contributed by atoms with Crippen LogP contribution in [0.25, 0.3) is 11.0 Å². The highest BCUT2D eigenvalue weighted by Gasteiger charge is 2.16. The van der Waals surface area contributed by atoms with Gasteiger partial charge in [-0.1, -0.05) is 21.9 Å². The molecule has 0 amide bonds. The first kappa shape index (κ1) is 10.6. The standard InChI is InChI=1S/C10H7ClN2O3/c1-5(14)10(13-15)7-2-6(11)3-9-8(7)4-12-16-9/h2-4,15H,1H3. The van der Waals surface area contributed by atoms with Crippen molar-refractivity contribution < 1.29 is 14.5 Å². The highest BCUT2D eigenvalue weighted by molar-refractivity contribution is 6.47. The van der Waals surface area contributed by atoms with Crippen LogP contribution in [0.1, 0.15) is 12.5 Å². The fourth-order valence-corrected chi connectivity index (χ4v) is 1.66. The first-order valence-corrected chi connectivity index (χ1v) is 4.78. The molecule has 1 aromatic heterocycles. The van der Waals surface area contributed by atoms with Crippen molar-refractivity contribution in [2.45, 2.75) is 6.92 Å². The van der Waals surface area contributed by atoms with E-state index in [9.17, 15) is 4.79 Å². The van der Waals surface area contributed by atoms with E-state index in [2.05, 4.69) is 10.3 Å². The van der Waals surface area contributed by atoms with E-state index < -0.39 is 0 Å². The summed E-state index contributed by atoms with van der Waals surface area (Å²) in [7, 11) is 0. The topological polar surface area (TPSA) is 75.7 Å². The molecule has 0 saturated heterocycles. The van der Waals surface area contributed by atoms with Crippen LogP contribution in [0.15, 0.2) is 28.0 Å². The SMILES string of the molecule is CC(=O)C(=NO)c1cc(Cl)cc2oncc12. The van der Waals surface area contributed by atoms with Crippen LogP contribution in [-0.2, 0) is 4.79 Å². The number of hydrogen-bond donors (Lipinski definition) is 1. The minimum absolute atomic E-state index is 0.0734. The zero-order valence-electron chi connectivity index (χ0n) is 8.27. The van der Waals surface area contributed by atoms with Crippen LogP contribution >= 0.6 is 11.6 Å². The molecule has 2 aromatic rings. The fraction of sp³-hybridized carbons (Fsp3) is 0.100. The average molecular weight is 239 g/mol. The number of carbonyl (C=O) groups excluding carboxylic acids is 1. The third kappa shape index (κ3) is 1.65. The maximum absolute atomic E-state index is 11.3. The molecule has 6 heteroatoms. The molecule has 0 atom stereocenters. The predicted molar refractivity (Wildman–Crippen MR) is 58.0 cm³/mol. The number of carbonyl (C=O) groups is 1. The number of nitrogens with zero attached hydrogens (tertiary/aromatic N) is 2. The van der Waals surface area contributed by atoms with Gasteiger partial charge in [0, 0.05) is 23.6 Å². The number of halogens is 1. The Morgan fingerprint density at radius 3 is 2.94 bits per heavy atom. The molecule has 0 aliphatic carbocycles. The lowest BCUT2D eigenvalue weighted by molar-refractivity contribution is -0.111. The van der Waals surface area contributed by atoms with Crippen molar-refractivity contribution in [3.63, 3.8) is 0 Å². The lowest BCUT2D eigenvalue weighted by Gasteiger charge is -2.02. The highest BCUT2D eigenvalue weighted by Crippen LogP contribution is 2.24. The van der Waals surface area contributed by atoms with Gasteiger partial charge in [0.1, 0.15) is 0 Å². The maximum atomic E-state index is 11.3. The summed E-state index contributed by atoms with van der Waals surface area (Å²) in [6, 6.07) is 3.10. The van der Waals surface area contributed by atoms with E-state index in [4.69, 9.17) is 21.3 Å². The van der Waals surface area contributed by atoms with Gasteiger partial charge in [-0.2, -0.15) is 0 Å². The van der Waals surface area contributed by atoms with E-state index in [1.54, 1.807) is 6.07 Å². The molecule has 0 fully saturated rings. The van der Waals surface area contributed by atoms with Gasteiger partial charge in [0.05, 0.1) is 11.6 Å². The van der Waals surface area contributed by atoms with E-state index in [1.807, 2.05) is 0 Å². The van der Waals surface area contributed by atoms with Crippen LogP contribution in [0.2, 0.25) is 5.02 Å². The van der Waals surface area contributed by atoms with E-state index in [-0.39, 0.29) is 11.5 Å². The molecule has 1 N–H and O–H groups in total. The molecular weight excluding hydrogens is 232 g/mol. The Labute approximate surface area is 95.3 Å². The molecular formula is C10H7ClN2O3. The second-order valence-electron chi connectivity index (χ2n) is 3.20. The van der Waals surface area contributed by atoms with Crippen LogP contribution in [0.4, 0.5) is 0 Å². The molecule has 0 aliphatic heterocycles. The first-order valence-electron chi connectivity index (χ1n) is 4.40. The minimum Gasteiger partial charge on any atom is -0.410 e. The van der Waals surface area contributed by atoms with Gasteiger partial charge in [-0.25, -0.2) is 0 Å². The van der Waals surface area contributed by atoms with Crippen molar-refractivity contribution in [1.82, 2.24) is 5.16 Å². The van der Waals surface area contributed by atoms with Crippen molar-refractivity contribution in [3.05, 3.63) is 28.9 Å². The number of hydrogen-bond acceptors (Lipinski definition) is 5. The summed E-state index contributed by atoms with van der Waals surface area (Å²) in [5.74, 6) is -0.368. The zero-order chi connectivity index (χ0) is 11.7. The Bertz CT molecular complexity index is 589. The number of aromatic nitrogens is 1. The van der Waals surface area contributed by atoms with Gasteiger partial charge in [-0.3, -0.25) is 4.79 Å². The highest BCUT2D eigenvalue weighted by atomic mass is 35.5. The lowest BCUT2D eigenvalue weighted by atomic mass is 10.0. The third-order valence-corrected chi connectivity index (χ3v) is 2.35. The summed E-state index contributed by atoms with van der Waals surface area (Å²) >= 11 is 5.85. The molecule has 0 bridgehead atoms. The number of fused-ring (bicyclic) bond motifs is 1. The molecule has 0 unspecified atom stereocenters. The van der Waals surface area contributed by atoms with Gasteiger partial charge < -0.3 is 9.73 Å². The van der Waals surface area contributed by atoms with Gasteiger partial charge in [0.15, 0.2) is 17.1 Å². The van der Waals surface area contributed by atoms with Gasteiger partial charge in [-0.15, -0.1) is 0 Å². The van der Waals surface area contributed by atoms with Crippen molar-refractivity contribution >= 4 is 34.1 Å². The molecule has 0 spiro atoms. The summed E-state index contributed by atoms with van der Waals surface area (Å²) in [6.45, 7) is 1.30. The Morgan fingerprint density at radius 2 is 2.31 bits per heavy atom. The number of oxime groups is 1. The minimum atomic E-state index is -0.368. The molecule has 2 rings (SSSR count). The Balaban J connectivity index is 2.76. The smallest absolute Gasteiger partial charge is 0.182 e. The predicted octanol–water partition coefficient (Wildman–Crippen LogP) is 2.25. The summed E-state index contributed by atoms with van der Waals surface area (Å²) in [6.07, 6.45) is 1.44. The number of ketones is 1. The molecule has 0 saturated carbocycles. The van der Waals surface area contributed by atoms with Crippen molar-refractivity contribution in [2.24, 2.45) is 5.16 Å². The number of benzene rings is 1. The van der Waals surface area contributed by atoms with Crippen LogP contribution < -0.4 is 0 Å².